The van der Waals surface area contributed by atoms with Gasteiger partial charge in [-0.3, -0.25) is 4.79 Å². The van der Waals surface area contributed by atoms with Crippen LogP contribution in [-0.2, 0) is 0 Å². The van der Waals surface area contributed by atoms with Gasteiger partial charge in [-0.1, -0.05) is 0 Å². The van der Waals surface area contributed by atoms with E-state index in [4.69, 9.17) is 0 Å². The molecule has 3 heterocycles. The van der Waals surface area contributed by atoms with Gasteiger partial charge in [0.25, 0.3) is 5.91 Å². The smallest absolute Gasteiger partial charge is 0.273 e. The molecule has 0 unspecified atom stereocenters. The zero-order valence-electron chi connectivity index (χ0n) is 10.5. The fourth-order valence-corrected chi connectivity index (χ4v) is 3.68. The lowest BCUT2D eigenvalue weighted by atomic mass is 10.1. The lowest BCUT2D eigenvalue weighted by Crippen LogP contribution is -2.34. The topological polar surface area (TPSA) is 53.4 Å². The van der Waals surface area contributed by atoms with E-state index in [1.807, 2.05) is 16.8 Å². The lowest BCUT2D eigenvalue weighted by Gasteiger charge is -2.17. The summed E-state index contributed by atoms with van der Waals surface area (Å²) in [4.78, 5) is 18.3. The van der Waals surface area contributed by atoms with E-state index in [1.54, 1.807) is 28.5 Å². The minimum absolute atomic E-state index is 0.0875. The summed E-state index contributed by atoms with van der Waals surface area (Å²) in [5.41, 5.74) is 0.772. The molecule has 0 saturated carbocycles. The number of hydrogen-bond acceptors (Lipinski definition) is 5. The summed E-state index contributed by atoms with van der Waals surface area (Å²) >= 11 is 3.10. The van der Waals surface area contributed by atoms with Crippen molar-refractivity contribution in [1.29, 1.82) is 0 Å². The van der Waals surface area contributed by atoms with Gasteiger partial charge in [0.2, 0.25) is 0 Å². The fourth-order valence-electron chi connectivity index (χ4n) is 2.17. The second kappa shape index (κ2) is 4.70. The molecule has 1 aliphatic heterocycles. The number of aromatic nitrogens is 1. The van der Waals surface area contributed by atoms with Crippen LogP contribution in [0.4, 0.5) is 0 Å². The van der Waals surface area contributed by atoms with Gasteiger partial charge in [-0.15, -0.1) is 11.3 Å². The molecule has 100 valence electrons. The van der Waals surface area contributed by atoms with Crippen molar-refractivity contribution in [2.75, 3.05) is 13.1 Å². The van der Waals surface area contributed by atoms with E-state index < -0.39 is 5.60 Å². The molecule has 19 heavy (non-hydrogen) atoms. The van der Waals surface area contributed by atoms with Gasteiger partial charge in [0.15, 0.2) is 0 Å². The summed E-state index contributed by atoms with van der Waals surface area (Å²) in [6, 6.07) is 2.00. The van der Waals surface area contributed by atoms with Gasteiger partial charge in [-0.25, -0.2) is 4.98 Å². The van der Waals surface area contributed by atoms with Crippen LogP contribution >= 0.6 is 22.7 Å². The highest BCUT2D eigenvalue weighted by atomic mass is 32.1. The Morgan fingerprint density at radius 1 is 1.53 bits per heavy atom. The average molecular weight is 294 g/mol. The van der Waals surface area contributed by atoms with Crippen LogP contribution in [0, 0.1) is 0 Å². The first kappa shape index (κ1) is 12.8. The zero-order chi connectivity index (χ0) is 13.5. The molecular formula is C13H14N2O2S2. The van der Waals surface area contributed by atoms with Crippen LogP contribution < -0.4 is 0 Å². The Hall–Kier alpha value is -1.24. The summed E-state index contributed by atoms with van der Waals surface area (Å²) in [6.07, 6.45) is 0.625. The number of likely N-dealkylation sites (tertiary alicyclic amines) is 1. The molecule has 6 heteroatoms. The third kappa shape index (κ3) is 2.56. The molecule has 1 atom stereocenters. The van der Waals surface area contributed by atoms with Crippen molar-refractivity contribution in [3.63, 3.8) is 0 Å². The van der Waals surface area contributed by atoms with Crippen LogP contribution in [0.25, 0.3) is 10.6 Å². The maximum Gasteiger partial charge on any atom is 0.273 e. The Balaban J connectivity index is 1.78. The highest BCUT2D eigenvalue weighted by Gasteiger charge is 2.35. The summed E-state index contributed by atoms with van der Waals surface area (Å²) in [5.74, 6) is -0.0875. The third-order valence-electron chi connectivity index (χ3n) is 3.23. The van der Waals surface area contributed by atoms with Crippen LogP contribution in [0.15, 0.2) is 22.2 Å². The minimum atomic E-state index is -0.762. The molecule has 0 spiro atoms. The van der Waals surface area contributed by atoms with Gasteiger partial charge in [0, 0.05) is 29.4 Å². The van der Waals surface area contributed by atoms with Gasteiger partial charge < -0.3 is 10.0 Å². The van der Waals surface area contributed by atoms with Crippen molar-refractivity contribution in [1.82, 2.24) is 9.88 Å². The number of aliphatic hydroxyl groups is 1. The fraction of sp³-hybridized carbons (Fsp3) is 0.385. The summed E-state index contributed by atoms with van der Waals surface area (Å²) in [7, 11) is 0. The molecule has 3 rings (SSSR count). The van der Waals surface area contributed by atoms with Gasteiger partial charge in [0.05, 0.1) is 5.60 Å². The van der Waals surface area contributed by atoms with Crippen LogP contribution in [0.5, 0.6) is 0 Å². The lowest BCUT2D eigenvalue weighted by molar-refractivity contribution is 0.0569. The molecule has 2 aromatic heterocycles. The highest BCUT2D eigenvalue weighted by molar-refractivity contribution is 7.14. The number of amides is 1. The van der Waals surface area contributed by atoms with E-state index in [0.717, 1.165) is 10.6 Å². The zero-order valence-corrected chi connectivity index (χ0v) is 12.1. The number of β-amino-alcohol motifs (C(OH)–C–C–N with tert-alkyl or cyclic N) is 1. The summed E-state index contributed by atoms with van der Waals surface area (Å²) < 4.78 is 0. The quantitative estimate of drug-likeness (QED) is 0.925. The molecule has 1 saturated heterocycles. The first-order valence-corrected chi connectivity index (χ1v) is 7.87. The molecule has 1 N–H and O–H groups in total. The maximum atomic E-state index is 12.3. The first-order valence-electron chi connectivity index (χ1n) is 6.05. The molecule has 1 fully saturated rings. The molecule has 0 radical (unpaired) electrons. The first-order chi connectivity index (χ1) is 9.05. The van der Waals surface area contributed by atoms with Gasteiger partial charge in [-0.2, -0.15) is 11.3 Å². The van der Waals surface area contributed by atoms with Crippen molar-refractivity contribution >= 4 is 28.6 Å². The Morgan fingerprint density at radius 2 is 2.37 bits per heavy atom. The summed E-state index contributed by atoms with van der Waals surface area (Å²) in [6.45, 7) is 2.74. The van der Waals surface area contributed by atoms with Crippen molar-refractivity contribution in [3.05, 3.63) is 27.9 Å². The highest BCUT2D eigenvalue weighted by Crippen LogP contribution is 2.27. The molecule has 4 nitrogen and oxygen atoms in total. The number of hydrogen-bond donors (Lipinski definition) is 1. The van der Waals surface area contributed by atoms with E-state index >= 15 is 0 Å². The van der Waals surface area contributed by atoms with Crippen molar-refractivity contribution in [2.24, 2.45) is 0 Å². The molecule has 0 bridgehead atoms. The Kier molecular flexibility index (Phi) is 3.16. The second-order valence-corrected chi connectivity index (χ2v) is 6.66. The van der Waals surface area contributed by atoms with Gasteiger partial charge in [-0.05, 0) is 24.8 Å². The molecular weight excluding hydrogens is 280 g/mol. The van der Waals surface area contributed by atoms with E-state index in [2.05, 4.69) is 4.98 Å². The Labute approximate surface area is 119 Å². The molecule has 0 aromatic carbocycles. The Morgan fingerprint density at radius 3 is 3.00 bits per heavy atom. The molecule has 1 aliphatic rings. The van der Waals surface area contributed by atoms with Crippen LogP contribution in [0.3, 0.4) is 0 Å². The third-order valence-corrected chi connectivity index (χ3v) is 4.81. The van der Waals surface area contributed by atoms with Crippen molar-refractivity contribution < 1.29 is 9.90 Å². The van der Waals surface area contributed by atoms with Crippen molar-refractivity contribution in [2.45, 2.75) is 18.9 Å². The monoisotopic (exact) mass is 294 g/mol. The average Bonchev–Trinajstić information content (AvgIpc) is 3.06. The Bertz CT molecular complexity index is 590. The minimum Gasteiger partial charge on any atom is -0.388 e. The molecule has 0 aliphatic carbocycles. The van der Waals surface area contributed by atoms with Gasteiger partial charge >= 0.3 is 0 Å². The van der Waals surface area contributed by atoms with Crippen LogP contribution in [0.1, 0.15) is 23.8 Å². The van der Waals surface area contributed by atoms with Crippen LogP contribution in [-0.4, -0.2) is 39.6 Å². The second-order valence-electron chi connectivity index (χ2n) is 5.02. The predicted octanol–water partition coefficient (Wildman–Crippen LogP) is 2.47. The number of carbonyl (C=O) groups excluding carboxylic acids is 1. The van der Waals surface area contributed by atoms with E-state index in [0.29, 0.717) is 25.2 Å². The van der Waals surface area contributed by atoms with Crippen LogP contribution in [0.2, 0.25) is 0 Å². The number of nitrogens with zero attached hydrogens (tertiary/aromatic N) is 2. The number of thiazole rings is 1. The largest absolute Gasteiger partial charge is 0.388 e. The van der Waals surface area contributed by atoms with Gasteiger partial charge in [0.1, 0.15) is 10.7 Å². The maximum absolute atomic E-state index is 12.3. The number of carbonyl (C=O) groups is 1. The standard InChI is InChI=1S/C13H14N2O2S2/c1-13(17)3-4-15(8-13)12(16)10-7-19-11(14-10)9-2-5-18-6-9/h2,5-7,17H,3-4,8H2,1H3/t13-/m0/s1. The SMILES string of the molecule is C[C@]1(O)CCN(C(=O)c2csc(-c3ccsc3)n2)C1. The van der Waals surface area contributed by atoms with Crippen molar-refractivity contribution in [3.8, 4) is 10.6 Å². The van der Waals surface area contributed by atoms with E-state index in [-0.39, 0.29) is 5.91 Å². The number of rotatable bonds is 2. The summed E-state index contributed by atoms with van der Waals surface area (Å²) in [5, 5.41) is 16.6. The molecule has 2 aromatic rings. The predicted molar refractivity (Wildman–Crippen MR) is 76.6 cm³/mol. The van der Waals surface area contributed by atoms with E-state index in [1.165, 1.54) is 11.3 Å². The molecule has 1 amide bonds. The number of thiophene rings is 1. The normalized spacial score (nSPS) is 22.9. The van der Waals surface area contributed by atoms with E-state index in [9.17, 15) is 9.90 Å².